The molecule has 2 aliphatic carbocycles. The minimum absolute atomic E-state index is 0.0131. The zero-order valence-electron chi connectivity index (χ0n) is 16.7. The molecular formula is C23H28N4O. The molecule has 3 N–H and O–H groups in total. The van der Waals surface area contributed by atoms with Crippen molar-refractivity contribution in [2.24, 2.45) is 0 Å². The van der Waals surface area contributed by atoms with Gasteiger partial charge >= 0.3 is 0 Å². The third-order valence-corrected chi connectivity index (χ3v) is 6.53. The molecule has 1 aromatic carbocycles. The van der Waals surface area contributed by atoms with Crippen molar-refractivity contribution in [2.45, 2.75) is 70.3 Å². The van der Waals surface area contributed by atoms with Crippen molar-refractivity contribution in [3.05, 3.63) is 41.1 Å². The summed E-state index contributed by atoms with van der Waals surface area (Å²) in [6.45, 7) is 4.54. The van der Waals surface area contributed by atoms with Gasteiger partial charge in [0.2, 0.25) is 0 Å². The summed E-state index contributed by atoms with van der Waals surface area (Å²) in [4.78, 5) is 16.5. The Labute approximate surface area is 165 Å². The molecule has 0 atom stereocenters. The summed E-state index contributed by atoms with van der Waals surface area (Å²) in [5.41, 5.74) is 6.53. The maximum atomic E-state index is 12.9. The van der Waals surface area contributed by atoms with Crippen LogP contribution in [-0.2, 0) is 11.8 Å². The number of amides is 1. The van der Waals surface area contributed by atoms with E-state index >= 15 is 0 Å². The number of benzene rings is 1. The average molecular weight is 377 g/mol. The molecular weight excluding hydrogens is 348 g/mol. The Morgan fingerprint density at radius 3 is 2.71 bits per heavy atom. The van der Waals surface area contributed by atoms with Crippen molar-refractivity contribution in [2.75, 3.05) is 0 Å². The van der Waals surface area contributed by atoms with Crippen LogP contribution in [0.25, 0.3) is 22.3 Å². The van der Waals surface area contributed by atoms with Crippen molar-refractivity contribution in [1.29, 1.82) is 0 Å². The Hall–Kier alpha value is -2.56. The first kappa shape index (κ1) is 17.5. The lowest BCUT2D eigenvalue weighted by atomic mass is 9.73. The van der Waals surface area contributed by atoms with Gasteiger partial charge in [0, 0.05) is 28.1 Å². The second-order valence-corrected chi connectivity index (χ2v) is 9.13. The smallest absolute Gasteiger partial charge is 0.251 e. The summed E-state index contributed by atoms with van der Waals surface area (Å²) in [6.07, 6.45) is 10.1. The van der Waals surface area contributed by atoms with Gasteiger partial charge in [-0.3, -0.25) is 9.89 Å². The standard InChI is InChI=1S/C23H28N4O/c1-23(2)12-15-13-24-27-20(15)21-19(23)17-11-14(9-10-18(17)26-21)22(28)25-16-7-5-3-4-6-8-16/h9-11,13,16,26H,3-8,12H2,1-2H3,(H,24,27)(H,25,28). The molecule has 0 bridgehead atoms. The molecule has 0 saturated heterocycles. The zero-order valence-corrected chi connectivity index (χ0v) is 16.7. The summed E-state index contributed by atoms with van der Waals surface area (Å²) in [5, 5.41) is 11.8. The highest BCUT2D eigenvalue weighted by Crippen LogP contribution is 2.45. The first-order chi connectivity index (χ1) is 13.5. The topological polar surface area (TPSA) is 73.6 Å². The van der Waals surface area contributed by atoms with Gasteiger partial charge in [-0.1, -0.05) is 39.5 Å². The highest BCUT2D eigenvalue weighted by atomic mass is 16.1. The number of rotatable bonds is 2. The molecule has 2 aliphatic rings. The molecule has 3 aromatic rings. The number of nitrogens with one attached hydrogen (secondary N) is 3. The number of fused-ring (bicyclic) bond motifs is 5. The van der Waals surface area contributed by atoms with E-state index in [0.717, 1.165) is 47.1 Å². The Morgan fingerprint density at radius 1 is 1.14 bits per heavy atom. The number of nitrogens with zero attached hydrogens (tertiary/aromatic N) is 1. The van der Waals surface area contributed by atoms with E-state index < -0.39 is 0 Å². The van der Waals surface area contributed by atoms with Gasteiger partial charge in [0.05, 0.1) is 17.6 Å². The predicted octanol–water partition coefficient (Wildman–Crippen LogP) is 4.84. The SMILES string of the molecule is CC1(C)Cc2cn[nH]c2-c2[nH]c3ccc(C(=O)NC4CCCCCC4)cc3c21. The number of carbonyl (C=O) groups is 1. The fraction of sp³-hybridized carbons (Fsp3) is 0.478. The molecule has 0 radical (unpaired) electrons. The van der Waals surface area contributed by atoms with E-state index in [0.29, 0.717) is 6.04 Å². The van der Waals surface area contributed by atoms with Crippen LogP contribution in [0.4, 0.5) is 0 Å². The van der Waals surface area contributed by atoms with Crippen molar-refractivity contribution >= 4 is 16.8 Å². The first-order valence-corrected chi connectivity index (χ1v) is 10.5. The Morgan fingerprint density at radius 2 is 1.93 bits per heavy atom. The summed E-state index contributed by atoms with van der Waals surface area (Å²) in [7, 11) is 0. The maximum Gasteiger partial charge on any atom is 0.251 e. The van der Waals surface area contributed by atoms with Crippen LogP contribution in [0.2, 0.25) is 0 Å². The summed E-state index contributed by atoms with van der Waals surface area (Å²) >= 11 is 0. The quantitative estimate of drug-likeness (QED) is 0.560. The number of hydrogen-bond donors (Lipinski definition) is 3. The number of aromatic amines is 2. The molecule has 5 nitrogen and oxygen atoms in total. The maximum absolute atomic E-state index is 12.9. The van der Waals surface area contributed by atoms with Gasteiger partial charge in [-0.25, -0.2) is 0 Å². The fourth-order valence-electron chi connectivity index (χ4n) is 5.14. The van der Waals surface area contributed by atoms with Crippen LogP contribution < -0.4 is 5.32 Å². The lowest BCUT2D eigenvalue weighted by molar-refractivity contribution is 0.0933. The summed E-state index contributed by atoms with van der Waals surface area (Å²) < 4.78 is 0. The Balaban J connectivity index is 1.52. The van der Waals surface area contributed by atoms with Gasteiger partial charge in [-0.15, -0.1) is 0 Å². The van der Waals surface area contributed by atoms with Gasteiger partial charge in [0.25, 0.3) is 5.91 Å². The van der Waals surface area contributed by atoms with Crippen molar-refractivity contribution < 1.29 is 4.79 Å². The van der Waals surface area contributed by atoms with Crippen LogP contribution >= 0.6 is 0 Å². The van der Waals surface area contributed by atoms with E-state index in [1.807, 2.05) is 18.3 Å². The van der Waals surface area contributed by atoms with Gasteiger partial charge in [-0.2, -0.15) is 5.10 Å². The molecule has 1 fully saturated rings. The lowest BCUT2D eigenvalue weighted by Crippen LogP contribution is -2.34. The van der Waals surface area contributed by atoms with E-state index in [1.165, 1.54) is 36.8 Å². The fourth-order valence-corrected chi connectivity index (χ4v) is 5.14. The molecule has 2 heterocycles. The number of H-pyrrole nitrogens is 2. The minimum atomic E-state index is -0.0131. The van der Waals surface area contributed by atoms with Crippen molar-refractivity contribution in [3.63, 3.8) is 0 Å². The Kier molecular flexibility index (Phi) is 4.07. The Bertz CT molecular complexity index is 1030. The van der Waals surface area contributed by atoms with Gasteiger partial charge in [0.15, 0.2) is 0 Å². The van der Waals surface area contributed by atoms with Crippen LogP contribution in [0, 0.1) is 0 Å². The van der Waals surface area contributed by atoms with E-state index in [1.54, 1.807) is 0 Å². The average Bonchev–Trinajstić information content (AvgIpc) is 3.18. The van der Waals surface area contributed by atoms with E-state index in [9.17, 15) is 4.79 Å². The largest absolute Gasteiger partial charge is 0.353 e. The molecule has 28 heavy (non-hydrogen) atoms. The molecule has 0 aliphatic heterocycles. The van der Waals surface area contributed by atoms with Crippen LogP contribution in [0.15, 0.2) is 24.4 Å². The van der Waals surface area contributed by atoms with Crippen LogP contribution in [0.1, 0.15) is 73.9 Å². The molecule has 5 heteroatoms. The predicted molar refractivity (Wildman–Crippen MR) is 112 cm³/mol. The van der Waals surface area contributed by atoms with E-state index in [-0.39, 0.29) is 11.3 Å². The highest BCUT2D eigenvalue weighted by Gasteiger charge is 2.35. The molecule has 1 saturated carbocycles. The normalized spacial score (nSPS) is 19.1. The zero-order chi connectivity index (χ0) is 19.3. The van der Waals surface area contributed by atoms with Crippen molar-refractivity contribution in [3.8, 4) is 11.4 Å². The molecule has 0 unspecified atom stereocenters. The van der Waals surface area contributed by atoms with Gasteiger partial charge in [0.1, 0.15) is 0 Å². The van der Waals surface area contributed by atoms with E-state index in [4.69, 9.17) is 0 Å². The van der Waals surface area contributed by atoms with Crippen LogP contribution in [0.5, 0.6) is 0 Å². The lowest BCUT2D eigenvalue weighted by Gasteiger charge is -2.30. The third-order valence-electron chi connectivity index (χ3n) is 6.53. The second kappa shape index (κ2) is 6.50. The molecule has 0 spiro atoms. The van der Waals surface area contributed by atoms with Gasteiger partial charge in [-0.05, 0) is 48.4 Å². The minimum Gasteiger partial charge on any atom is -0.353 e. The first-order valence-electron chi connectivity index (χ1n) is 10.5. The van der Waals surface area contributed by atoms with E-state index in [2.05, 4.69) is 40.4 Å². The molecule has 5 rings (SSSR count). The number of hydrogen-bond acceptors (Lipinski definition) is 2. The molecule has 146 valence electrons. The van der Waals surface area contributed by atoms with Crippen LogP contribution in [-0.4, -0.2) is 27.1 Å². The molecule has 2 aromatic heterocycles. The number of carbonyl (C=O) groups excluding carboxylic acids is 1. The monoisotopic (exact) mass is 376 g/mol. The third kappa shape index (κ3) is 2.84. The summed E-state index contributed by atoms with van der Waals surface area (Å²) in [5.74, 6) is 0.0552. The van der Waals surface area contributed by atoms with Crippen molar-refractivity contribution in [1.82, 2.24) is 20.5 Å². The number of aromatic nitrogens is 3. The van der Waals surface area contributed by atoms with Gasteiger partial charge < -0.3 is 10.3 Å². The second-order valence-electron chi connectivity index (χ2n) is 9.13. The van der Waals surface area contributed by atoms with Crippen LogP contribution in [0.3, 0.4) is 0 Å². The highest BCUT2D eigenvalue weighted by molar-refractivity contribution is 6.01. The molecule has 1 amide bonds. The summed E-state index contributed by atoms with van der Waals surface area (Å²) in [6, 6.07) is 6.37.